The van der Waals surface area contributed by atoms with Crippen molar-refractivity contribution in [1.82, 2.24) is 10.2 Å². The van der Waals surface area contributed by atoms with Crippen LogP contribution in [0.25, 0.3) is 0 Å². The molecule has 0 aliphatic carbocycles. The third kappa shape index (κ3) is 5.86. The Hall–Kier alpha value is -0.0800. The van der Waals surface area contributed by atoms with Gasteiger partial charge in [-0.2, -0.15) is 0 Å². The van der Waals surface area contributed by atoms with Gasteiger partial charge in [0.25, 0.3) is 0 Å². The topological polar surface area (TPSA) is 15.3 Å². The van der Waals surface area contributed by atoms with Gasteiger partial charge in [-0.05, 0) is 33.0 Å². The first-order chi connectivity index (χ1) is 7.86. The fourth-order valence-electron chi connectivity index (χ4n) is 2.56. The van der Waals surface area contributed by atoms with Crippen molar-refractivity contribution in [3.05, 3.63) is 0 Å². The first-order valence-corrected chi connectivity index (χ1v) is 7.26. The third-order valence-electron chi connectivity index (χ3n) is 3.76. The lowest BCUT2D eigenvalue weighted by Crippen LogP contribution is -2.30. The van der Waals surface area contributed by atoms with Crippen molar-refractivity contribution in [1.29, 1.82) is 0 Å². The second-order valence-electron chi connectivity index (χ2n) is 5.20. The summed E-state index contributed by atoms with van der Waals surface area (Å²) in [6, 6.07) is 0.754. The molecule has 1 rings (SSSR count). The molecule has 1 saturated heterocycles. The van der Waals surface area contributed by atoms with E-state index < -0.39 is 0 Å². The molecular formula is C14H30N2. The normalized spacial score (nSPS) is 21.8. The molecule has 1 aliphatic rings. The summed E-state index contributed by atoms with van der Waals surface area (Å²) in [7, 11) is 2.09. The van der Waals surface area contributed by atoms with Gasteiger partial charge in [0, 0.05) is 12.6 Å². The van der Waals surface area contributed by atoms with Crippen molar-refractivity contribution in [2.75, 3.05) is 26.7 Å². The number of unbranched alkanes of at least 4 members (excludes halogenated alkanes) is 6. The van der Waals surface area contributed by atoms with Crippen LogP contribution in [0.2, 0.25) is 0 Å². The second-order valence-corrected chi connectivity index (χ2v) is 5.20. The zero-order chi connectivity index (χ0) is 11.6. The molecule has 1 N–H and O–H groups in total. The zero-order valence-electron chi connectivity index (χ0n) is 11.3. The van der Waals surface area contributed by atoms with E-state index in [4.69, 9.17) is 0 Å². The molecule has 2 heteroatoms. The van der Waals surface area contributed by atoms with Crippen molar-refractivity contribution in [3.8, 4) is 0 Å². The minimum atomic E-state index is 0.754. The van der Waals surface area contributed by atoms with E-state index in [1.165, 1.54) is 71.0 Å². The van der Waals surface area contributed by atoms with E-state index in [1.807, 2.05) is 0 Å². The van der Waals surface area contributed by atoms with Crippen LogP contribution in [0.15, 0.2) is 0 Å². The van der Waals surface area contributed by atoms with Crippen LogP contribution in [0.5, 0.6) is 0 Å². The molecule has 1 atom stereocenters. The highest BCUT2D eigenvalue weighted by atomic mass is 15.2. The predicted molar refractivity (Wildman–Crippen MR) is 71.9 cm³/mol. The van der Waals surface area contributed by atoms with Crippen LogP contribution in [0.1, 0.15) is 58.3 Å². The van der Waals surface area contributed by atoms with E-state index in [0.717, 1.165) is 6.04 Å². The van der Waals surface area contributed by atoms with Crippen LogP contribution < -0.4 is 5.32 Å². The highest BCUT2D eigenvalue weighted by Gasteiger charge is 2.19. The quantitative estimate of drug-likeness (QED) is 0.608. The minimum Gasteiger partial charge on any atom is -0.316 e. The molecule has 16 heavy (non-hydrogen) atoms. The summed E-state index contributed by atoms with van der Waals surface area (Å²) in [4.78, 5) is 2.62. The lowest BCUT2D eigenvalue weighted by atomic mass is 10.1. The average molecular weight is 226 g/mol. The summed E-state index contributed by atoms with van der Waals surface area (Å²) in [5, 5.41) is 3.38. The SMILES string of the molecule is CCCCCCCCCN1CCC(NC)C1. The molecule has 0 aromatic heterocycles. The summed E-state index contributed by atoms with van der Waals surface area (Å²) in [5.74, 6) is 0. The van der Waals surface area contributed by atoms with Crippen LogP contribution >= 0.6 is 0 Å². The zero-order valence-corrected chi connectivity index (χ0v) is 11.3. The van der Waals surface area contributed by atoms with Crippen molar-refractivity contribution in [2.45, 2.75) is 64.3 Å². The van der Waals surface area contributed by atoms with Gasteiger partial charge in [0.15, 0.2) is 0 Å². The minimum absolute atomic E-state index is 0.754. The molecule has 0 aromatic rings. The molecular weight excluding hydrogens is 196 g/mol. The summed E-state index contributed by atoms with van der Waals surface area (Å²) < 4.78 is 0. The van der Waals surface area contributed by atoms with Crippen molar-refractivity contribution >= 4 is 0 Å². The highest BCUT2D eigenvalue weighted by Crippen LogP contribution is 2.11. The maximum Gasteiger partial charge on any atom is 0.0204 e. The van der Waals surface area contributed by atoms with Gasteiger partial charge in [-0.25, -0.2) is 0 Å². The Kier molecular flexibility index (Phi) is 7.87. The molecule has 96 valence electrons. The van der Waals surface area contributed by atoms with E-state index in [1.54, 1.807) is 0 Å². The summed E-state index contributed by atoms with van der Waals surface area (Å²) in [5.41, 5.74) is 0. The number of likely N-dealkylation sites (tertiary alicyclic amines) is 1. The molecule has 1 heterocycles. The van der Waals surface area contributed by atoms with Gasteiger partial charge in [0.1, 0.15) is 0 Å². The fourth-order valence-corrected chi connectivity index (χ4v) is 2.56. The van der Waals surface area contributed by atoms with Crippen LogP contribution in [0.4, 0.5) is 0 Å². The van der Waals surface area contributed by atoms with Gasteiger partial charge in [-0.15, -0.1) is 0 Å². The van der Waals surface area contributed by atoms with Gasteiger partial charge >= 0.3 is 0 Å². The molecule has 0 saturated carbocycles. The first kappa shape index (κ1) is 14.0. The number of hydrogen-bond acceptors (Lipinski definition) is 2. The Morgan fingerprint density at radius 1 is 1.06 bits per heavy atom. The second kappa shape index (κ2) is 9.00. The van der Waals surface area contributed by atoms with Gasteiger partial charge in [-0.3, -0.25) is 0 Å². The van der Waals surface area contributed by atoms with E-state index in [0.29, 0.717) is 0 Å². The van der Waals surface area contributed by atoms with Crippen molar-refractivity contribution in [2.24, 2.45) is 0 Å². The van der Waals surface area contributed by atoms with Gasteiger partial charge in [0.2, 0.25) is 0 Å². The lowest BCUT2D eigenvalue weighted by molar-refractivity contribution is 0.319. The molecule has 0 aromatic carbocycles. The molecule has 2 nitrogen and oxygen atoms in total. The molecule has 1 unspecified atom stereocenters. The van der Waals surface area contributed by atoms with E-state index in [-0.39, 0.29) is 0 Å². The molecule has 1 aliphatic heterocycles. The number of hydrogen-bond donors (Lipinski definition) is 1. The van der Waals surface area contributed by atoms with Gasteiger partial charge in [0.05, 0.1) is 0 Å². The summed E-state index contributed by atoms with van der Waals surface area (Å²) >= 11 is 0. The van der Waals surface area contributed by atoms with Gasteiger partial charge in [-0.1, -0.05) is 45.4 Å². The Morgan fingerprint density at radius 2 is 1.75 bits per heavy atom. The fraction of sp³-hybridized carbons (Fsp3) is 1.00. The Balaban J connectivity index is 1.84. The number of nitrogens with one attached hydrogen (secondary N) is 1. The third-order valence-corrected chi connectivity index (χ3v) is 3.76. The monoisotopic (exact) mass is 226 g/mol. The molecule has 0 amide bonds. The highest BCUT2D eigenvalue weighted by molar-refractivity contribution is 4.79. The van der Waals surface area contributed by atoms with Crippen molar-refractivity contribution < 1.29 is 0 Å². The largest absolute Gasteiger partial charge is 0.316 e. The molecule has 0 spiro atoms. The number of rotatable bonds is 9. The van der Waals surface area contributed by atoms with Crippen LogP contribution in [-0.2, 0) is 0 Å². The standard InChI is InChI=1S/C14H30N2/c1-3-4-5-6-7-8-9-11-16-12-10-14(13-16)15-2/h14-15H,3-13H2,1-2H3. The van der Waals surface area contributed by atoms with E-state index >= 15 is 0 Å². The Labute approximate surface area is 102 Å². The molecule has 0 bridgehead atoms. The lowest BCUT2D eigenvalue weighted by Gasteiger charge is -2.15. The van der Waals surface area contributed by atoms with E-state index in [2.05, 4.69) is 24.2 Å². The van der Waals surface area contributed by atoms with Gasteiger partial charge < -0.3 is 10.2 Å². The molecule has 1 fully saturated rings. The predicted octanol–water partition coefficient (Wildman–Crippen LogP) is 3.03. The summed E-state index contributed by atoms with van der Waals surface area (Å²) in [6.07, 6.45) is 11.3. The first-order valence-electron chi connectivity index (χ1n) is 7.26. The maximum absolute atomic E-state index is 3.38. The Bertz CT molecular complexity index is 159. The van der Waals surface area contributed by atoms with Crippen LogP contribution in [0.3, 0.4) is 0 Å². The number of nitrogens with zero attached hydrogens (tertiary/aromatic N) is 1. The maximum atomic E-state index is 3.38. The number of likely N-dealkylation sites (N-methyl/N-ethyl adjacent to an activating group) is 1. The average Bonchev–Trinajstić information content (AvgIpc) is 2.76. The van der Waals surface area contributed by atoms with Crippen LogP contribution in [-0.4, -0.2) is 37.6 Å². The molecule has 0 radical (unpaired) electrons. The van der Waals surface area contributed by atoms with Crippen LogP contribution in [0, 0.1) is 0 Å². The summed E-state index contributed by atoms with van der Waals surface area (Å²) in [6.45, 7) is 6.19. The smallest absolute Gasteiger partial charge is 0.0204 e. The van der Waals surface area contributed by atoms with Crippen molar-refractivity contribution in [3.63, 3.8) is 0 Å². The Morgan fingerprint density at radius 3 is 2.38 bits per heavy atom. The van der Waals surface area contributed by atoms with E-state index in [9.17, 15) is 0 Å².